The van der Waals surface area contributed by atoms with Crippen LogP contribution in [0.15, 0.2) is 34.8 Å². The molecule has 0 bridgehead atoms. The van der Waals surface area contributed by atoms with Crippen molar-refractivity contribution in [1.82, 2.24) is 20.1 Å². The van der Waals surface area contributed by atoms with Crippen molar-refractivity contribution in [2.45, 2.75) is 6.42 Å². The number of amides is 1. The molecule has 128 valence electrons. The zero-order valence-corrected chi connectivity index (χ0v) is 14.1. The Kier molecular flexibility index (Phi) is 5.61. The highest BCUT2D eigenvalue weighted by Gasteiger charge is 2.12. The number of nitrogens with zero attached hydrogens (tertiary/aromatic N) is 3. The maximum atomic E-state index is 11.8. The van der Waals surface area contributed by atoms with E-state index in [-0.39, 0.29) is 5.91 Å². The van der Waals surface area contributed by atoms with E-state index in [0.717, 1.165) is 50.2 Å². The van der Waals surface area contributed by atoms with Crippen LogP contribution in [-0.4, -0.2) is 67.0 Å². The lowest BCUT2D eigenvalue weighted by Gasteiger charge is -2.32. The molecular weight excluding hydrogens is 304 g/mol. The Morgan fingerprint density at radius 1 is 1.29 bits per heavy atom. The highest BCUT2D eigenvalue weighted by atomic mass is 16.3. The van der Waals surface area contributed by atoms with Gasteiger partial charge in [0.25, 0.3) is 0 Å². The molecule has 1 N–H and O–H groups in total. The van der Waals surface area contributed by atoms with E-state index in [4.69, 9.17) is 4.42 Å². The Labute approximate surface area is 142 Å². The van der Waals surface area contributed by atoms with Gasteiger partial charge >= 0.3 is 0 Å². The lowest BCUT2D eigenvalue weighted by molar-refractivity contribution is -0.116. The highest BCUT2D eigenvalue weighted by molar-refractivity contribution is 5.91. The number of rotatable bonds is 6. The molecule has 1 aromatic heterocycles. The van der Waals surface area contributed by atoms with Gasteiger partial charge in [0.05, 0.1) is 0 Å². The largest absolute Gasteiger partial charge is 0.437 e. The molecule has 2 heterocycles. The summed E-state index contributed by atoms with van der Waals surface area (Å²) in [6.45, 7) is 6.19. The van der Waals surface area contributed by atoms with Crippen LogP contribution in [0.5, 0.6) is 0 Å². The molecule has 2 aromatic rings. The molecule has 0 atom stereocenters. The first-order chi connectivity index (χ1) is 11.7. The molecule has 1 aromatic carbocycles. The number of carbonyl (C=O) groups is 1. The van der Waals surface area contributed by atoms with Gasteiger partial charge in [-0.15, -0.1) is 0 Å². The number of para-hydroxylation sites is 2. The number of fused-ring (bicyclic) bond motifs is 1. The average molecular weight is 328 g/mol. The van der Waals surface area contributed by atoms with Crippen LogP contribution in [0.2, 0.25) is 0 Å². The Bertz CT molecular complexity index is 669. The Morgan fingerprint density at radius 3 is 2.88 bits per heavy atom. The fourth-order valence-electron chi connectivity index (χ4n) is 2.75. The molecule has 1 amide bonds. The van der Waals surface area contributed by atoms with Crippen LogP contribution in [0.4, 0.5) is 0 Å². The molecule has 0 radical (unpaired) electrons. The first-order valence-corrected chi connectivity index (χ1v) is 8.43. The predicted molar refractivity (Wildman–Crippen MR) is 94.6 cm³/mol. The average Bonchev–Trinajstić information content (AvgIpc) is 3.01. The molecule has 0 spiro atoms. The Hall–Kier alpha value is -2.18. The number of likely N-dealkylation sites (N-methyl/N-ethyl adjacent to an activating group) is 1. The number of aromatic nitrogens is 1. The second kappa shape index (κ2) is 8.08. The van der Waals surface area contributed by atoms with Crippen molar-refractivity contribution >= 4 is 23.1 Å². The van der Waals surface area contributed by atoms with E-state index < -0.39 is 0 Å². The van der Waals surface area contributed by atoms with E-state index >= 15 is 0 Å². The number of carbonyl (C=O) groups excluding carboxylic acids is 1. The van der Waals surface area contributed by atoms with E-state index in [1.807, 2.05) is 24.3 Å². The highest BCUT2D eigenvalue weighted by Crippen LogP contribution is 2.15. The second-order valence-electron chi connectivity index (χ2n) is 6.14. The van der Waals surface area contributed by atoms with Gasteiger partial charge in [0.15, 0.2) is 5.58 Å². The van der Waals surface area contributed by atoms with Crippen molar-refractivity contribution in [2.24, 2.45) is 0 Å². The summed E-state index contributed by atoms with van der Waals surface area (Å²) in [4.78, 5) is 20.9. The van der Waals surface area contributed by atoms with Gasteiger partial charge in [-0.3, -0.25) is 4.79 Å². The molecule has 0 unspecified atom stereocenters. The van der Waals surface area contributed by atoms with Crippen LogP contribution < -0.4 is 5.32 Å². The van der Waals surface area contributed by atoms with E-state index in [2.05, 4.69) is 27.1 Å². The van der Waals surface area contributed by atoms with Crippen LogP contribution in [-0.2, 0) is 4.79 Å². The molecule has 1 aliphatic heterocycles. The van der Waals surface area contributed by atoms with Crippen molar-refractivity contribution < 1.29 is 9.21 Å². The molecule has 6 heteroatoms. The maximum absolute atomic E-state index is 11.8. The fraction of sp³-hybridized carbons (Fsp3) is 0.444. The van der Waals surface area contributed by atoms with Crippen LogP contribution in [0.3, 0.4) is 0 Å². The summed E-state index contributed by atoms with van der Waals surface area (Å²) < 4.78 is 5.54. The third-order valence-electron chi connectivity index (χ3n) is 4.23. The number of piperazine rings is 1. The normalized spacial score (nSPS) is 16.9. The molecule has 0 aliphatic carbocycles. The van der Waals surface area contributed by atoms with Crippen molar-refractivity contribution in [1.29, 1.82) is 0 Å². The minimum Gasteiger partial charge on any atom is -0.437 e. The second-order valence-corrected chi connectivity index (χ2v) is 6.14. The zero-order chi connectivity index (χ0) is 16.8. The molecule has 3 rings (SSSR count). The van der Waals surface area contributed by atoms with Crippen molar-refractivity contribution in [3.63, 3.8) is 0 Å². The summed E-state index contributed by atoms with van der Waals surface area (Å²) in [7, 11) is 2.15. The zero-order valence-electron chi connectivity index (χ0n) is 14.1. The van der Waals surface area contributed by atoms with E-state index in [1.165, 1.54) is 6.08 Å². The van der Waals surface area contributed by atoms with E-state index in [0.29, 0.717) is 12.4 Å². The van der Waals surface area contributed by atoms with Crippen molar-refractivity contribution in [3.05, 3.63) is 36.2 Å². The lowest BCUT2D eigenvalue weighted by atomic mass is 10.3. The topological polar surface area (TPSA) is 61.6 Å². The minimum absolute atomic E-state index is 0.115. The molecule has 1 fully saturated rings. The number of oxazole rings is 1. The summed E-state index contributed by atoms with van der Waals surface area (Å²) in [5, 5.41) is 2.90. The molecule has 1 saturated heterocycles. The summed E-state index contributed by atoms with van der Waals surface area (Å²) in [6, 6.07) is 7.55. The summed E-state index contributed by atoms with van der Waals surface area (Å²) in [5.74, 6) is 0.333. The Morgan fingerprint density at radius 2 is 2.08 bits per heavy atom. The van der Waals surface area contributed by atoms with E-state index in [9.17, 15) is 4.79 Å². The smallest absolute Gasteiger partial charge is 0.244 e. The predicted octanol–water partition coefficient (Wildman–Crippen LogP) is 1.59. The molecule has 1 aliphatic rings. The van der Waals surface area contributed by atoms with Crippen molar-refractivity contribution in [3.8, 4) is 0 Å². The number of nitrogens with one attached hydrogen (secondary N) is 1. The first-order valence-electron chi connectivity index (χ1n) is 8.43. The van der Waals surface area contributed by atoms with Crippen LogP contribution in [0.25, 0.3) is 17.2 Å². The lowest BCUT2D eigenvalue weighted by Crippen LogP contribution is -2.45. The monoisotopic (exact) mass is 328 g/mol. The third-order valence-corrected chi connectivity index (χ3v) is 4.23. The molecule has 6 nitrogen and oxygen atoms in total. The standard InChI is InChI=1S/C18H24N4O2/c1-21-11-13-22(14-12-21)10-4-9-19-17(23)7-8-18-20-15-5-2-3-6-16(15)24-18/h2-3,5-8H,4,9-14H2,1H3,(H,19,23)/b8-7+. The quantitative estimate of drug-likeness (QED) is 0.645. The van der Waals surface area contributed by atoms with Crippen molar-refractivity contribution in [2.75, 3.05) is 46.3 Å². The van der Waals surface area contributed by atoms with Crippen LogP contribution >= 0.6 is 0 Å². The first kappa shape index (κ1) is 16.7. The molecule has 24 heavy (non-hydrogen) atoms. The van der Waals surface area contributed by atoms with Gasteiger partial charge in [0.2, 0.25) is 11.8 Å². The molecule has 0 saturated carbocycles. The SMILES string of the molecule is CN1CCN(CCCNC(=O)/C=C/c2nc3ccccc3o2)CC1. The van der Waals surface area contributed by atoms with Crippen LogP contribution in [0, 0.1) is 0 Å². The van der Waals surface area contributed by atoms with Gasteiger partial charge in [-0.05, 0) is 32.1 Å². The van der Waals surface area contributed by atoms with Gasteiger partial charge in [-0.1, -0.05) is 12.1 Å². The van der Waals surface area contributed by atoms with Gasteiger partial charge in [0.1, 0.15) is 5.52 Å². The number of hydrogen-bond acceptors (Lipinski definition) is 5. The Balaban J connectivity index is 1.37. The fourth-order valence-corrected chi connectivity index (χ4v) is 2.75. The van der Waals surface area contributed by atoms with Gasteiger partial charge in [0, 0.05) is 44.9 Å². The summed E-state index contributed by atoms with van der Waals surface area (Å²) in [6.07, 6.45) is 4.04. The van der Waals surface area contributed by atoms with Gasteiger partial charge in [-0.25, -0.2) is 4.98 Å². The van der Waals surface area contributed by atoms with E-state index in [1.54, 1.807) is 6.08 Å². The number of benzene rings is 1. The summed E-state index contributed by atoms with van der Waals surface area (Å²) >= 11 is 0. The van der Waals surface area contributed by atoms with Gasteiger partial charge < -0.3 is 19.5 Å². The van der Waals surface area contributed by atoms with Gasteiger partial charge in [-0.2, -0.15) is 0 Å². The third kappa shape index (κ3) is 4.66. The number of hydrogen-bond donors (Lipinski definition) is 1. The van der Waals surface area contributed by atoms with Crippen LogP contribution in [0.1, 0.15) is 12.3 Å². The summed E-state index contributed by atoms with van der Waals surface area (Å²) in [5.41, 5.74) is 1.52. The minimum atomic E-state index is -0.115. The molecular formula is C18H24N4O2. The maximum Gasteiger partial charge on any atom is 0.244 e.